The van der Waals surface area contributed by atoms with Crippen LogP contribution in [0.4, 0.5) is 0 Å². The molecule has 2 aliphatic rings. The van der Waals surface area contributed by atoms with Gasteiger partial charge in [0.05, 0.1) is 18.8 Å². The zero-order valence-electron chi connectivity index (χ0n) is 19.4. The van der Waals surface area contributed by atoms with Crippen LogP contribution in [-0.4, -0.2) is 85.8 Å². The number of likely N-dealkylation sites (tertiary alicyclic amines) is 1. The molecule has 8 heteroatoms. The number of ether oxygens (including phenoxy) is 1. The molecule has 1 N–H and O–H groups in total. The fourth-order valence-electron chi connectivity index (χ4n) is 4.70. The van der Waals surface area contributed by atoms with E-state index in [9.17, 15) is 0 Å². The van der Waals surface area contributed by atoms with Crippen LogP contribution in [0.5, 0.6) is 5.75 Å². The van der Waals surface area contributed by atoms with E-state index in [1.165, 1.54) is 24.8 Å². The van der Waals surface area contributed by atoms with Crippen molar-refractivity contribution in [3.8, 4) is 5.75 Å². The zero-order chi connectivity index (χ0) is 22.2. The summed E-state index contributed by atoms with van der Waals surface area (Å²) in [5, 5.41) is 7.72. The number of nitrogens with zero attached hydrogens (tertiary/aromatic N) is 5. The van der Waals surface area contributed by atoms with Crippen LogP contribution in [0, 0.1) is 0 Å². The Labute approximate surface area is 191 Å². The van der Waals surface area contributed by atoms with Gasteiger partial charge < -0.3 is 19.5 Å². The SMILES string of the molecule is CN=C(NCC(c1ccc(OC)cc1)N1CCCCC1)N1CCN(Cc2ccon2)CC1. The van der Waals surface area contributed by atoms with Gasteiger partial charge in [-0.15, -0.1) is 0 Å². The molecular formula is C24H36N6O2. The van der Waals surface area contributed by atoms with Crippen LogP contribution in [0.3, 0.4) is 0 Å². The Balaban J connectivity index is 1.35. The largest absolute Gasteiger partial charge is 0.497 e. The molecule has 2 aliphatic heterocycles. The number of nitrogens with one attached hydrogen (secondary N) is 1. The summed E-state index contributed by atoms with van der Waals surface area (Å²) in [6, 6.07) is 10.8. The number of methoxy groups -OCH3 is 1. The maximum Gasteiger partial charge on any atom is 0.193 e. The minimum absolute atomic E-state index is 0.325. The third kappa shape index (κ3) is 5.81. The van der Waals surface area contributed by atoms with E-state index < -0.39 is 0 Å². The molecule has 3 heterocycles. The summed E-state index contributed by atoms with van der Waals surface area (Å²) in [6.45, 7) is 7.87. The second-order valence-corrected chi connectivity index (χ2v) is 8.57. The Morgan fingerprint density at radius 2 is 1.81 bits per heavy atom. The Hall–Kier alpha value is -2.58. The lowest BCUT2D eigenvalue weighted by Crippen LogP contribution is -2.53. The normalized spacial score (nSPS) is 19.7. The van der Waals surface area contributed by atoms with Crippen molar-refractivity contribution < 1.29 is 9.26 Å². The number of piperidine rings is 1. The Bertz CT molecular complexity index is 825. The molecule has 2 aromatic rings. The topological polar surface area (TPSA) is 69.4 Å². The molecule has 174 valence electrons. The van der Waals surface area contributed by atoms with Gasteiger partial charge in [0.15, 0.2) is 5.96 Å². The summed E-state index contributed by atoms with van der Waals surface area (Å²) >= 11 is 0. The third-order valence-corrected chi connectivity index (χ3v) is 6.55. The highest BCUT2D eigenvalue weighted by molar-refractivity contribution is 5.80. The first-order chi connectivity index (χ1) is 15.8. The number of aromatic nitrogens is 1. The average molecular weight is 441 g/mol. The molecule has 0 bridgehead atoms. The fourth-order valence-corrected chi connectivity index (χ4v) is 4.70. The average Bonchev–Trinajstić information content (AvgIpc) is 3.36. The van der Waals surface area contributed by atoms with Crippen LogP contribution in [0.15, 0.2) is 46.1 Å². The maximum absolute atomic E-state index is 5.36. The predicted octanol–water partition coefficient (Wildman–Crippen LogP) is 2.60. The van der Waals surface area contributed by atoms with E-state index in [-0.39, 0.29) is 0 Å². The number of rotatable bonds is 7. The van der Waals surface area contributed by atoms with Crippen molar-refractivity contribution in [2.75, 3.05) is 60.0 Å². The number of hydrogen-bond acceptors (Lipinski definition) is 6. The molecule has 1 atom stereocenters. The zero-order valence-corrected chi connectivity index (χ0v) is 19.4. The fraction of sp³-hybridized carbons (Fsp3) is 0.583. The minimum Gasteiger partial charge on any atom is -0.497 e. The summed E-state index contributed by atoms with van der Waals surface area (Å²) in [6.07, 6.45) is 5.52. The predicted molar refractivity (Wildman–Crippen MR) is 126 cm³/mol. The van der Waals surface area contributed by atoms with Crippen molar-refractivity contribution in [1.82, 2.24) is 25.2 Å². The van der Waals surface area contributed by atoms with Gasteiger partial charge in [-0.3, -0.25) is 14.8 Å². The van der Waals surface area contributed by atoms with Crippen LogP contribution in [0.1, 0.15) is 36.6 Å². The van der Waals surface area contributed by atoms with Gasteiger partial charge in [-0.05, 0) is 43.6 Å². The lowest BCUT2D eigenvalue weighted by Gasteiger charge is -2.38. The molecule has 1 aromatic carbocycles. The van der Waals surface area contributed by atoms with Gasteiger partial charge in [-0.2, -0.15) is 0 Å². The first kappa shape index (κ1) is 22.6. The van der Waals surface area contributed by atoms with Gasteiger partial charge in [0, 0.05) is 52.4 Å². The van der Waals surface area contributed by atoms with Crippen LogP contribution in [0.25, 0.3) is 0 Å². The maximum atomic E-state index is 5.36. The van der Waals surface area contributed by atoms with Crippen LogP contribution in [-0.2, 0) is 6.54 Å². The van der Waals surface area contributed by atoms with Crippen molar-refractivity contribution in [2.24, 2.45) is 4.99 Å². The van der Waals surface area contributed by atoms with Crippen molar-refractivity contribution in [3.63, 3.8) is 0 Å². The smallest absolute Gasteiger partial charge is 0.193 e. The first-order valence-electron chi connectivity index (χ1n) is 11.7. The van der Waals surface area contributed by atoms with Gasteiger partial charge in [0.2, 0.25) is 0 Å². The Morgan fingerprint density at radius 3 is 2.44 bits per heavy atom. The van der Waals surface area contributed by atoms with E-state index in [1.54, 1.807) is 13.4 Å². The molecule has 32 heavy (non-hydrogen) atoms. The summed E-state index contributed by atoms with van der Waals surface area (Å²) in [4.78, 5) is 12.0. The van der Waals surface area contributed by atoms with E-state index >= 15 is 0 Å². The summed E-state index contributed by atoms with van der Waals surface area (Å²) in [7, 11) is 3.60. The lowest BCUT2D eigenvalue weighted by atomic mass is 10.0. The molecule has 8 nitrogen and oxygen atoms in total. The molecule has 1 aromatic heterocycles. The van der Waals surface area contributed by atoms with E-state index in [1.807, 2.05) is 13.1 Å². The highest BCUT2D eigenvalue weighted by Crippen LogP contribution is 2.26. The molecule has 2 fully saturated rings. The molecule has 2 saturated heterocycles. The number of guanidine groups is 1. The Kier molecular flexibility index (Phi) is 8.01. The van der Waals surface area contributed by atoms with Gasteiger partial charge >= 0.3 is 0 Å². The summed E-state index contributed by atoms with van der Waals surface area (Å²) in [5.74, 6) is 1.89. The van der Waals surface area contributed by atoms with E-state index in [0.29, 0.717) is 6.04 Å². The number of benzene rings is 1. The van der Waals surface area contributed by atoms with Crippen molar-refractivity contribution in [3.05, 3.63) is 47.9 Å². The highest BCUT2D eigenvalue weighted by atomic mass is 16.5. The molecular weight excluding hydrogens is 404 g/mol. The lowest BCUT2D eigenvalue weighted by molar-refractivity contribution is 0.156. The number of hydrogen-bond donors (Lipinski definition) is 1. The van der Waals surface area contributed by atoms with Crippen molar-refractivity contribution in [1.29, 1.82) is 0 Å². The molecule has 0 amide bonds. The van der Waals surface area contributed by atoms with Crippen LogP contribution >= 0.6 is 0 Å². The van der Waals surface area contributed by atoms with Crippen molar-refractivity contribution >= 4 is 5.96 Å². The van der Waals surface area contributed by atoms with Crippen LogP contribution < -0.4 is 10.1 Å². The number of aliphatic imine (C=N–C) groups is 1. The van der Waals surface area contributed by atoms with Crippen LogP contribution in [0.2, 0.25) is 0 Å². The van der Waals surface area contributed by atoms with Crippen molar-refractivity contribution in [2.45, 2.75) is 31.8 Å². The minimum atomic E-state index is 0.325. The molecule has 0 aliphatic carbocycles. The molecule has 4 rings (SSSR count). The van der Waals surface area contributed by atoms with Gasteiger partial charge in [0.1, 0.15) is 12.0 Å². The second kappa shape index (κ2) is 11.3. The quantitative estimate of drug-likeness (QED) is 0.524. The van der Waals surface area contributed by atoms with E-state index in [4.69, 9.17) is 9.26 Å². The van der Waals surface area contributed by atoms with Gasteiger partial charge in [-0.1, -0.05) is 23.7 Å². The first-order valence-corrected chi connectivity index (χ1v) is 11.7. The molecule has 1 unspecified atom stereocenters. The monoisotopic (exact) mass is 440 g/mol. The van der Waals surface area contributed by atoms with Gasteiger partial charge in [-0.25, -0.2) is 0 Å². The Morgan fingerprint density at radius 1 is 1.06 bits per heavy atom. The molecule has 0 spiro atoms. The highest BCUT2D eigenvalue weighted by Gasteiger charge is 2.25. The van der Waals surface area contributed by atoms with Gasteiger partial charge in [0.25, 0.3) is 0 Å². The second-order valence-electron chi connectivity index (χ2n) is 8.57. The van der Waals surface area contributed by atoms with E-state index in [2.05, 4.69) is 54.4 Å². The molecule has 0 saturated carbocycles. The standard InChI is InChI=1S/C24H36N6O2/c1-25-24(30-15-13-28(14-16-30)19-21-10-17-32-27-21)26-18-23(29-11-4-3-5-12-29)20-6-8-22(31-2)9-7-20/h6-10,17,23H,3-5,11-16,18-19H2,1-2H3,(H,25,26). The third-order valence-electron chi connectivity index (χ3n) is 6.55. The molecule has 0 radical (unpaired) electrons. The summed E-state index contributed by atoms with van der Waals surface area (Å²) < 4.78 is 10.3. The summed E-state index contributed by atoms with van der Waals surface area (Å²) in [5.41, 5.74) is 2.32. The number of piperazine rings is 1. The van der Waals surface area contributed by atoms with E-state index in [0.717, 1.165) is 69.8 Å².